The molecule has 0 fully saturated rings. The molecule has 2 unspecified atom stereocenters. The zero-order valence-corrected chi connectivity index (χ0v) is 11.9. The summed E-state index contributed by atoms with van der Waals surface area (Å²) in [4.78, 5) is 11.7. The van der Waals surface area contributed by atoms with E-state index in [1.165, 1.54) is 0 Å². The Balaban J connectivity index is 4.14. The highest BCUT2D eigenvalue weighted by atomic mass is 32.2. The molecule has 1 amide bonds. The topological polar surface area (TPSA) is 78.9 Å². The van der Waals surface area contributed by atoms with Gasteiger partial charge in [-0.1, -0.05) is 20.8 Å². The van der Waals surface area contributed by atoms with Crippen molar-refractivity contribution in [3.05, 3.63) is 0 Å². The molecule has 0 aliphatic carbocycles. The van der Waals surface area contributed by atoms with Gasteiger partial charge in [0, 0.05) is 5.25 Å². The van der Waals surface area contributed by atoms with E-state index in [1.807, 2.05) is 13.8 Å². The van der Waals surface area contributed by atoms with Crippen LogP contribution in [0.1, 0.15) is 34.1 Å². The first-order chi connectivity index (χ1) is 7.85. The third-order valence-corrected chi connectivity index (χ3v) is 4.09. The second kappa shape index (κ2) is 7.57. The Bertz CT molecular complexity index is 288. The lowest BCUT2D eigenvalue weighted by atomic mass is 9.90. The largest absolute Gasteiger partial charge is 0.337 e. The molecule has 0 saturated carbocycles. The highest BCUT2D eigenvalue weighted by Gasteiger charge is 2.29. The molecule has 0 bridgehead atoms. The molecule has 0 heterocycles. The van der Waals surface area contributed by atoms with Crippen molar-refractivity contribution in [1.29, 1.82) is 5.26 Å². The zero-order chi connectivity index (χ0) is 13.5. The summed E-state index contributed by atoms with van der Waals surface area (Å²) in [5, 5.41) is 12.2. The van der Waals surface area contributed by atoms with Gasteiger partial charge >= 0.3 is 0 Å². The number of nitrogens with zero attached hydrogens (tertiary/aromatic N) is 1. The maximum absolute atomic E-state index is 11.7. The zero-order valence-electron chi connectivity index (χ0n) is 11.1. The Morgan fingerprint density at radius 3 is 2.53 bits per heavy atom. The van der Waals surface area contributed by atoms with Crippen molar-refractivity contribution >= 4 is 17.7 Å². The van der Waals surface area contributed by atoms with E-state index in [0.29, 0.717) is 17.5 Å². The molecule has 0 aliphatic heterocycles. The number of rotatable bonds is 7. The fraction of sp³-hybridized carbons (Fsp3) is 0.833. The van der Waals surface area contributed by atoms with E-state index in [4.69, 9.17) is 11.0 Å². The molecule has 2 atom stereocenters. The first-order valence-corrected chi connectivity index (χ1v) is 6.94. The van der Waals surface area contributed by atoms with Crippen LogP contribution in [0, 0.1) is 17.2 Å². The predicted molar refractivity (Wildman–Crippen MR) is 72.6 cm³/mol. The molecule has 4 nitrogen and oxygen atoms in total. The molecule has 0 radical (unpaired) electrons. The number of hydrogen-bond donors (Lipinski definition) is 2. The maximum Gasteiger partial charge on any atom is 0.231 e. The minimum Gasteiger partial charge on any atom is -0.337 e. The third-order valence-electron chi connectivity index (χ3n) is 2.86. The summed E-state index contributed by atoms with van der Waals surface area (Å²) in [7, 11) is 0. The minimum atomic E-state index is -0.783. The van der Waals surface area contributed by atoms with E-state index in [-0.39, 0.29) is 11.8 Å². The fourth-order valence-electron chi connectivity index (χ4n) is 1.16. The number of nitriles is 1. The molecular weight excluding hydrogens is 234 g/mol. The lowest BCUT2D eigenvalue weighted by Gasteiger charge is -2.27. The molecule has 98 valence electrons. The second-order valence-corrected chi connectivity index (χ2v) is 6.14. The van der Waals surface area contributed by atoms with Crippen LogP contribution < -0.4 is 11.1 Å². The SMILES string of the molecule is CC(CCN)SCC(=O)NC(C)(C#N)C(C)C. The Labute approximate surface area is 108 Å². The molecule has 5 heteroatoms. The smallest absolute Gasteiger partial charge is 0.231 e. The molecule has 3 N–H and O–H groups in total. The average Bonchev–Trinajstić information content (AvgIpc) is 2.26. The Kier molecular flexibility index (Phi) is 7.24. The van der Waals surface area contributed by atoms with E-state index in [2.05, 4.69) is 18.3 Å². The summed E-state index contributed by atoms with van der Waals surface area (Å²) >= 11 is 1.57. The summed E-state index contributed by atoms with van der Waals surface area (Å²) < 4.78 is 0. The van der Waals surface area contributed by atoms with Crippen LogP contribution in [0.3, 0.4) is 0 Å². The van der Waals surface area contributed by atoms with Gasteiger partial charge in [-0.15, -0.1) is 11.8 Å². The minimum absolute atomic E-state index is 0.0860. The number of thioether (sulfide) groups is 1. The van der Waals surface area contributed by atoms with Crippen LogP contribution in [0.25, 0.3) is 0 Å². The Hall–Kier alpha value is -0.730. The van der Waals surface area contributed by atoms with Gasteiger partial charge in [0.1, 0.15) is 5.54 Å². The van der Waals surface area contributed by atoms with Gasteiger partial charge in [-0.3, -0.25) is 4.79 Å². The van der Waals surface area contributed by atoms with Crippen molar-refractivity contribution in [2.75, 3.05) is 12.3 Å². The molecular formula is C12H23N3OS. The number of nitrogens with two attached hydrogens (primary N) is 1. The number of hydrogen-bond acceptors (Lipinski definition) is 4. The van der Waals surface area contributed by atoms with E-state index >= 15 is 0 Å². The van der Waals surface area contributed by atoms with Crippen molar-refractivity contribution in [3.63, 3.8) is 0 Å². The molecule has 0 aromatic heterocycles. The number of amides is 1. The van der Waals surface area contributed by atoms with Crippen LogP contribution in [0.15, 0.2) is 0 Å². The van der Waals surface area contributed by atoms with Crippen molar-refractivity contribution in [2.45, 2.75) is 44.9 Å². The van der Waals surface area contributed by atoms with Gasteiger partial charge in [0.2, 0.25) is 5.91 Å². The van der Waals surface area contributed by atoms with Crippen molar-refractivity contribution in [1.82, 2.24) is 5.32 Å². The van der Waals surface area contributed by atoms with Gasteiger partial charge < -0.3 is 11.1 Å². The van der Waals surface area contributed by atoms with Gasteiger partial charge in [0.15, 0.2) is 0 Å². The number of carbonyl (C=O) groups is 1. The number of carbonyl (C=O) groups excluding carboxylic acids is 1. The monoisotopic (exact) mass is 257 g/mol. The van der Waals surface area contributed by atoms with Crippen molar-refractivity contribution in [3.8, 4) is 6.07 Å². The predicted octanol–water partition coefficient (Wildman–Crippen LogP) is 1.51. The highest BCUT2D eigenvalue weighted by Crippen LogP contribution is 2.17. The molecule has 0 saturated heterocycles. The van der Waals surface area contributed by atoms with Crippen LogP contribution in [0.5, 0.6) is 0 Å². The van der Waals surface area contributed by atoms with E-state index in [9.17, 15) is 4.79 Å². The van der Waals surface area contributed by atoms with Crippen molar-refractivity contribution < 1.29 is 4.79 Å². The van der Waals surface area contributed by atoms with Gasteiger partial charge in [-0.2, -0.15) is 5.26 Å². The van der Waals surface area contributed by atoms with Crippen LogP contribution >= 0.6 is 11.8 Å². The van der Waals surface area contributed by atoms with E-state index < -0.39 is 5.54 Å². The van der Waals surface area contributed by atoms with E-state index in [1.54, 1.807) is 18.7 Å². The Morgan fingerprint density at radius 1 is 1.53 bits per heavy atom. The molecule has 0 rings (SSSR count). The lowest BCUT2D eigenvalue weighted by Crippen LogP contribution is -2.49. The summed E-state index contributed by atoms with van der Waals surface area (Å²) in [6, 6.07) is 2.16. The first kappa shape index (κ1) is 16.3. The molecule has 17 heavy (non-hydrogen) atoms. The van der Waals surface area contributed by atoms with Crippen LogP contribution in [-0.2, 0) is 4.79 Å². The van der Waals surface area contributed by atoms with Crippen molar-refractivity contribution in [2.24, 2.45) is 11.7 Å². The molecule has 0 spiro atoms. The summed E-state index contributed by atoms with van der Waals surface area (Å²) in [5.74, 6) is 0.380. The first-order valence-electron chi connectivity index (χ1n) is 5.89. The highest BCUT2D eigenvalue weighted by molar-refractivity contribution is 8.00. The van der Waals surface area contributed by atoms with Crippen LogP contribution in [0.2, 0.25) is 0 Å². The van der Waals surface area contributed by atoms with Gasteiger partial charge in [0.05, 0.1) is 11.8 Å². The Morgan fingerprint density at radius 2 is 2.12 bits per heavy atom. The normalized spacial score (nSPS) is 16.1. The molecule has 0 aliphatic rings. The molecule has 0 aromatic carbocycles. The quantitative estimate of drug-likeness (QED) is 0.724. The van der Waals surface area contributed by atoms with Gasteiger partial charge in [-0.25, -0.2) is 0 Å². The number of nitrogens with one attached hydrogen (secondary N) is 1. The van der Waals surface area contributed by atoms with Gasteiger partial charge in [0.25, 0.3) is 0 Å². The summed E-state index contributed by atoms with van der Waals surface area (Å²) in [6.07, 6.45) is 0.900. The molecule has 0 aromatic rings. The lowest BCUT2D eigenvalue weighted by molar-refractivity contribution is -0.120. The summed E-state index contributed by atoms with van der Waals surface area (Å²) in [6.45, 7) is 8.29. The summed E-state index contributed by atoms with van der Waals surface area (Å²) in [5.41, 5.74) is 4.66. The third kappa shape index (κ3) is 5.94. The van der Waals surface area contributed by atoms with Crippen LogP contribution in [-0.4, -0.2) is 29.0 Å². The fourth-order valence-corrected chi connectivity index (χ4v) is 1.97. The average molecular weight is 257 g/mol. The van der Waals surface area contributed by atoms with Crippen LogP contribution in [0.4, 0.5) is 0 Å². The maximum atomic E-state index is 11.7. The van der Waals surface area contributed by atoms with Gasteiger partial charge in [-0.05, 0) is 25.8 Å². The standard InChI is InChI=1S/C12H23N3OS/c1-9(2)12(4,8-14)15-11(16)7-17-10(3)5-6-13/h9-10H,5-7,13H2,1-4H3,(H,15,16). The van der Waals surface area contributed by atoms with E-state index in [0.717, 1.165) is 6.42 Å². The second-order valence-electron chi connectivity index (χ2n) is 4.72.